The summed E-state index contributed by atoms with van der Waals surface area (Å²) in [6, 6.07) is 0. The van der Waals surface area contributed by atoms with Crippen molar-refractivity contribution in [1.29, 1.82) is 0 Å². The Balaban J connectivity index is 2.10. The Hall–Kier alpha value is -0.110. The second kappa shape index (κ2) is 1.78. The molecule has 0 radical (unpaired) electrons. The van der Waals surface area contributed by atoms with Crippen molar-refractivity contribution < 1.29 is 9.13 Å². The van der Waals surface area contributed by atoms with E-state index in [4.69, 9.17) is 0 Å². The summed E-state index contributed by atoms with van der Waals surface area (Å²) >= 11 is 0. The van der Waals surface area contributed by atoms with E-state index in [9.17, 15) is 4.39 Å². The predicted molar refractivity (Wildman–Crippen MR) is 24.6 cm³/mol. The van der Waals surface area contributed by atoms with Crippen LogP contribution in [0.4, 0.5) is 4.39 Å². The summed E-state index contributed by atoms with van der Waals surface area (Å²) < 4.78 is 16.5. The van der Waals surface area contributed by atoms with Crippen LogP contribution in [0.1, 0.15) is 12.8 Å². The van der Waals surface area contributed by atoms with Gasteiger partial charge in [0, 0.05) is 13.0 Å². The first kappa shape index (κ1) is 5.04. The molecule has 1 rings (SSSR count). The quantitative estimate of drug-likeness (QED) is 0.513. The Bertz CT molecular complexity index is 61.1. The third-order valence-electron chi connectivity index (χ3n) is 1.22. The maximum atomic E-state index is 12.1. The van der Waals surface area contributed by atoms with Gasteiger partial charge in [0.15, 0.2) is 0 Å². The van der Waals surface area contributed by atoms with Crippen molar-refractivity contribution in [3.63, 3.8) is 0 Å². The molecule has 2 heteroatoms. The van der Waals surface area contributed by atoms with Gasteiger partial charge < -0.3 is 4.74 Å². The molecule has 0 heterocycles. The SMILES string of the molecule is COC(F)C1CC1. The van der Waals surface area contributed by atoms with Gasteiger partial charge in [-0.15, -0.1) is 0 Å². The van der Waals surface area contributed by atoms with Gasteiger partial charge in [-0.3, -0.25) is 0 Å². The topological polar surface area (TPSA) is 9.23 Å². The van der Waals surface area contributed by atoms with Crippen LogP contribution in [0.25, 0.3) is 0 Å². The first-order chi connectivity index (χ1) is 3.34. The molecule has 1 saturated carbocycles. The molecule has 1 aliphatic rings. The highest BCUT2D eigenvalue weighted by Crippen LogP contribution is 2.34. The lowest BCUT2D eigenvalue weighted by molar-refractivity contribution is -0.0213. The standard InChI is InChI=1S/C5H9FO/c1-7-5(6)4-2-3-4/h4-5H,2-3H2,1H3. The first-order valence-electron chi connectivity index (χ1n) is 2.51. The monoisotopic (exact) mass is 104 g/mol. The molecule has 0 spiro atoms. The first-order valence-corrected chi connectivity index (χ1v) is 2.51. The van der Waals surface area contributed by atoms with Crippen LogP contribution in [-0.2, 0) is 4.74 Å². The Morgan fingerprint density at radius 3 is 2.43 bits per heavy atom. The lowest BCUT2D eigenvalue weighted by atomic mass is 10.4. The van der Waals surface area contributed by atoms with Crippen molar-refractivity contribution >= 4 is 0 Å². The molecule has 0 amide bonds. The highest BCUT2D eigenvalue weighted by molar-refractivity contribution is 4.75. The number of ether oxygens (including phenoxy) is 1. The smallest absolute Gasteiger partial charge is 0.201 e. The maximum absolute atomic E-state index is 12.1. The van der Waals surface area contributed by atoms with Gasteiger partial charge in [-0.1, -0.05) is 0 Å². The van der Waals surface area contributed by atoms with Crippen LogP contribution in [0.2, 0.25) is 0 Å². The Kier molecular flexibility index (Phi) is 1.28. The van der Waals surface area contributed by atoms with E-state index >= 15 is 0 Å². The van der Waals surface area contributed by atoms with Crippen molar-refractivity contribution in [3.05, 3.63) is 0 Å². The zero-order valence-corrected chi connectivity index (χ0v) is 4.36. The highest BCUT2D eigenvalue weighted by Gasteiger charge is 2.30. The minimum absolute atomic E-state index is 0.227. The average molecular weight is 104 g/mol. The fourth-order valence-electron chi connectivity index (χ4n) is 0.551. The number of hydrogen-bond donors (Lipinski definition) is 0. The fraction of sp³-hybridized carbons (Fsp3) is 1.00. The summed E-state index contributed by atoms with van der Waals surface area (Å²) in [4.78, 5) is 0. The van der Waals surface area contributed by atoms with E-state index in [1.54, 1.807) is 0 Å². The summed E-state index contributed by atoms with van der Waals surface area (Å²) in [5.41, 5.74) is 0. The molecular formula is C5H9FO. The number of rotatable bonds is 2. The van der Waals surface area contributed by atoms with E-state index in [0.29, 0.717) is 0 Å². The lowest BCUT2D eigenvalue weighted by Gasteiger charge is -1.99. The van der Waals surface area contributed by atoms with Crippen LogP contribution in [0.3, 0.4) is 0 Å². The molecule has 7 heavy (non-hydrogen) atoms. The molecule has 0 aromatic carbocycles. The van der Waals surface area contributed by atoms with E-state index in [1.807, 2.05) is 0 Å². The van der Waals surface area contributed by atoms with E-state index < -0.39 is 6.36 Å². The van der Waals surface area contributed by atoms with Gasteiger partial charge >= 0.3 is 0 Å². The van der Waals surface area contributed by atoms with Gasteiger partial charge in [-0.25, -0.2) is 4.39 Å². The molecular weight excluding hydrogens is 95.1 g/mol. The molecule has 0 aromatic rings. The van der Waals surface area contributed by atoms with Crippen molar-refractivity contribution in [3.8, 4) is 0 Å². The molecule has 0 N–H and O–H groups in total. The molecule has 1 nitrogen and oxygen atoms in total. The van der Waals surface area contributed by atoms with E-state index in [-0.39, 0.29) is 5.92 Å². The van der Waals surface area contributed by atoms with Gasteiger partial charge in [0.05, 0.1) is 0 Å². The minimum atomic E-state index is -0.986. The van der Waals surface area contributed by atoms with Crippen LogP contribution in [0.5, 0.6) is 0 Å². The Morgan fingerprint density at radius 2 is 2.29 bits per heavy atom. The number of halogens is 1. The largest absolute Gasteiger partial charge is 0.351 e. The van der Waals surface area contributed by atoms with Crippen LogP contribution in [0.15, 0.2) is 0 Å². The highest BCUT2D eigenvalue weighted by atomic mass is 19.1. The maximum Gasteiger partial charge on any atom is 0.201 e. The van der Waals surface area contributed by atoms with Crippen LogP contribution in [-0.4, -0.2) is 13.5 Å². The van der Waals surface area contributed by atoms with Gasteiger partial charge in [-0.2, -0.15) is 0 Å². The molecule has 0 aliphatic heterocycles. The molecule has 0 bridgehead atoms. The van der Waals surface area contributed by atoms with Crippen LogP contribution < -0.4 is 0 Å². The van der Waals surface area contributed by atoms with Gasteiger partial charge in [-0.05, 0) is 12.8 Å². The van der Waals surface area contributed by atoms with Crippen molar-refractivity contribution in [2.24, 2.45) is 5.92 Å². The zero-order valence-electron chi connectivity index (χ0n) is 4.36. The summed E-state index contributed by atoms with van der Waals surface area (Å²) in [5.74, 6) is 0.227. The number of alkyl halides is 1. The minimum Gasteiger partial charge on any atom is -0.351 e. The van der Waals surface area contributed by atoms with E-state index in [0.717, 1.165) is 12.8 Å². The Morgan fingerprint density at radius 1 is 1.71 bits per heavy atom. The van der Waals surface area contributed by atoms with Crippen LogP contribution in [0, 0.1) is 5.92 Å². The second-order valence-corrected chi connectivity index (χ2v) is 1.92. The third kappa shape index (κ3) is 1.13. The Labute approximate surface area is 42.5 Å². The summed E-state index contributed by atoms with van der Waals surface area (Å²) in [5, 5.41) is 0. The fourth-order valence-corrected chi connectivity index (χ4v) is 0.551. The average Bonchev–Trinajstić information content (AvgIpc) is 2.44. The number of hydrogen-bond acceptors (Lipinski definition) is 1. The normalized spacial score (nSPS) is 24.9. The summed E-state index contributed by atoms with van der Waals surface area (Å²) in [6.45, 7) is 0. The van der Waals surface area contributed by atoms with E-state index in [1.165, 1.54) is 7.11 Å². The van der Waals surface area contributed by atoms with Crippen molar-refractivity contribution in [2.45, 2.75) is 19.2 Å². The van der Waals surface area contributed by atoms with Crippen molar-refractivity contribution in [2.75, 3.05) is 7.11 Å². The van der Waals surface area contributed by atoms with Gasteiger partial charge in [0.1, 0.15) is 0 Å². The predicted octanol–water partition coefficient (Wildman–Crippen LogP) is 1.34. The van der Waals surface area contributed by atoms with Gasteiger partial charge in [0.2, 0.25) is 6.36 Å². The van der Waals surface area contributed by atoms with Crippen molar-refractivity contribution in [1.82, 2.24) is 0 Å². The molecule has 0 aromatic heterocycles. The third-order valence-corrected chi connectivity index (χ3v) is 1.22. The second-order valence-electron chi connectivity index (χ2n) is 1.92. The molecule has 1 unspecified atom stereocenters. The lowest BCUT2D eigenvalue weighted by Crippen LogP contribution is -2.03. The molecule has 1 aliphatic carbocycles. The number of methoxy groups -OCH3 is 1. The summed E-state index contributed by atoms with van der Waals surface area (Å²) in [6.07, 6.45) is 1.03. The van der Waals surface area contributed by atoms with E-state index in [2.05, 4.69) is 4.74 Å². The molecule has 1 atom stereocenters. The van der Waals surface area contributed by atoms with Crippen LogP contribution >= 0.6 is 0 Å². The zero-order chi connectivity index (χ0) is 5.28. The molecule has 1 fully saturated rings. The summed E-state index contributed by atoms with van der Waals surface area (Å²) in [7, 11) is 1.41. The molecule has 0 saturated heterocycles. The molecule has 42 valence electrons. The van der Waals surface area contributed by atoms with Gasteiger partial charge in [0.25, 0.3) is 0 Å².